The van der Waals surface area contributed by atoms with Crippen molar-refractivity contribution in [3.8, 4) is 17.2 Å². The molecular formula is C19H22N4O5. The number of benzene rings is 1. The van der Waals surface area contributed by atoms with E-state index in [1.807, 2.05) is 11.0 Å². The van der Waals surface area contributed by atoms with Gasteiger partial charge >= 0.3 is 0 Å². The number of fused-ring (bicyclic) bond motifs is 2. The molecule has 28 heavy (non-hydrogen) atoms. The van der Waals surface area contributed by atoms with E-state index in [4.69, 9.17) is 18.7 Å². The van der Waals surface area contributed by atoms with E-state index in [9.17, 15) is 4.79 Å². The summed E-state index contributed by atoms with van der Waals surface area (Å²) in [6, 6.07) is 7.47. The van der Waals surface area contributed by atoms with Gasteiger partial charge in [-0.15, -0.1) is 0 Å². The van der Waals surface area contributed by atoms with Crippen molar-refractivity contribution in [3.63, 3.8) is 0 Å². The van der Waals surface area contributed by atoms with Gasteiger partial charge in [-0.3, -0.25) is 10.2 Å². The number of likely N-dealkylation sites (tertiary alicyclic amines) is 1. The first-order valence-corrected chi connectivity index (χ1v) is 9.46. The van der Waals surface area contributed by atoms with Crippen LogP contribution in [-0.4, -0.2) is 48.0 Å². The Morgan fingerprint density at radius 1 is 1.29 bits per heavy atom. The van der Waals surface area contributed by atoms with Crippen LogP contribution in [0.1, 0.15) is 25.1 Å². The maximum absolute atomic E-state index is 13.0. The quantitative estimate of drug-likeness (QED) is 0.810. The number of carbonyl (C=O) groups is 1. The zero-order valence-electron chi connectivity index (χ0n) is 15.5. The molecule has 1 aromatic carbocycles. The van der Waals surface area contributed by atoms with Crippen molar-refractivity contribution in [2.24, 2.45) is 5.92 Å². The standard InChI is InChI=1S/C19H22N4O5/c1-11(27-12-2-3-15-17(8-12)26-10-25-15)19(24)23-7-5-14-13(9-23)18(22-21-14)16-4-6-20-28-16/h2-4,6,8,11,13-14,18,21-22H,5,7,9-10H2,1H3. The Morgan fingerprint density at radius 2 is 2.18 bits per heavy atom. The molecule has 4 atom stereocenters. The highest BCUT2D eigenvalue weighted by Gasteiger charge is 2.43. The highest BCUT2D eigenvalue weighted by atomic mass is 16.7. The molecule has 9 heteroatoms. The molecule has 2 N–H and O–H groups in total. The lowest BCUT2D eigenvalue weighted by atomic mass is 9.87. The summed E-state index contributed by atoms with van der Waals surface area (Å²) in [7, 11) is 0. The molecule has 1 amide bonds. The number of nitrogens with zero attached hydrogens (tertiary/aromatic N) is 2. The first-order valence-electron chi connectivity index (χ1n) is 9.46. The van der Waals surface area contributed by atoms with Crippen LogP contribution in [0.15, 0.2) is 35.0 Å². The van der Waals surface area contributed by atoms with Crippen molar-refractivity contribution in [1.29, 1.82) is 0 Å². The Morgan fingerprint density at radius 3 is 3.04 bits per heavy atom. The molecule has 0 radical (unpaired) electrons. The fourth-order valence-corrected chi connectivity index (χ4v) is 4.13. The van der Waals surface area contributed by atoms with Crippen molar-refractivity contribution in [3.05, 3.63) is 36.2 Å². The van der Waals surface area contributed by atoms with Crippen molar-refractivity contribution in [1.82, 2.24) is 20.9 Å². The molecule has 2 fully saturated rings. The predicted octanol–water partition coefficient (Wildman–Crippen LogP) is 1.24. The van der Waals surface area contributed by atoms with E-state index in [-0.39, 0.29) is 24.7 Å². The first-order chi connectivity index (χ1) is 13.7. The Bertz CT molecular complexity index is 858. The van der Waals surface area contributed by atoms with Gasteiger partial charge in [0.2, 0.25) is 6.79 Å². The summed E-state index contributed by atoms with van der Waals surface area (Å²) >= 11 is 0. The summed E-state index contributed by atoms with van der Waals surface area (Å²) in [6.45, 7) is 3.30. The lowest BCUT2D eigenvalue weighted by molar-refractivity contribution is -0.140. The summed E-state index contributed by atoms with van der Waals surface area (Å²) in [6.07, 6.45) is 1.91. The normalized spacial score (nSPS) is 26.8. The summed E-state index contributed by atoms with van der Waals surface area (Å²) in [5, 5.41) is 3.80. The number of piperidine rings is 1. The third-order valence-electron chi connectivity index (χ3n) is 5.59. The van der Waals surface area contributed by atoms with E-state index in [1.165, 1.54) is 0 Å². The number of nitrogens with one attached hydrogen (secondary N) is 2. The first kappa shape index (κ1) is 17.3. The minimum atomic E-state index is -0.594. The van der Waals surface area contributed by atoms with Crippen molar-refractivity contribution in [2.45, 2.75) is 31.5 Å². The van der Waals surface area contributed by atoms with Crippen LogP contribution in [0.2, 0.25) is 0 Å². The highest BCUT2D eigenvalue weighted by molar-refractivity contribution is 5.81. The molecule has 0 spiro atoms. The third kappa shape index (κ3) is 3.06. The molecule has 1 aromatic heterocycles. The highest BCUT2D eigenvalue weighted by Crippen LogP contribution is 2.36. The van der Waals surface area contributed by atoms with Crippen LogP contribution >= 0.6 is 0 Å². The van der Waals surface area contributed by atoms with Gasteiger partial charge in [0.1, 0.15) is 5.75 Å². The molecular weight excluding hydrogens is 364 g/mol. The summed E-state index contributed by atoms with van der Waals surface area (Å²) in [5.74, 6) is 2.87. The van der Waals surface area contributed by atoms with Gasteiger partial charge in [0.15, 0.2) is 23.4 Å². The molecule has 0 aliphatic carbocycles. The van der Waals surface area contributed by atoms with Crippen LogP contribution in [-0.2, 0) is 4.79 Å². The third-order valence-corrected chi connectivity index (χ3v) is 5.59. The molecule has 2 saturated heterocycles. The molecule has 4 unspecified atom stereocenters. The number of carbonyl (C=O) groups excluding carboxylic acids is 1. The molecule has 2 aromatic rings. The Kier molecular flexibility index (Phi) is 4.33. The molecule has 0 saturated carbocycles. The van der Waals surface area contributed by atoms with Crippen LogP contribution in [0.25, 0.3) is 0 Å². The van der Waals surface area contributed by atoms with Gasteiger partial charge in [-0.1, -0.05) is 5.16 Å². The number of rotatable bonds is 4. The average Bonchev–Trinajstić information content (AvgIpc) is 3.45. The summed E-state index contributed by atoms with van der Waals surface area (Å²) < 4.78 is 21.9. The van der Waals surface area contributed by atoms with Gasteiger partial charge in [-0.2, -0.15) is 0 Å². The Hall–Kier alpha value is -2.78. The van der Waals surface area contributed by atoms with Crippen LogP contribution in [0.3, 0.4) is 0 Å². The maximum Gasteiger partial charge on any atom is 0.263 e. The Labute approximate surface area is 161 Å². The molecule has 5 rings (SSSR count). The number of aromatic nitrogens is 1. The zero-order valence-corrected chi connectivity index (χ0v) is 15.5. The monoisotopic (exact) mass is 386 g/mol. The number of hydrogen-bond donors (Lipinski definition) is 2. The van der Waals surface area contributed by atoms with Crippen molar-refractivity contribution >= 4 is 5.91 Å². The minimum Gasteiger partial charge on any atom is -0.481 e. The Balaban J connectivity index is 1.25. The van der Waals surface area contributed by atoms with Gasteiger partial charge in [0.25, 0.3) is 5.91 Å². The lowest BCUT2D eigenvalue weighted by Gasteiger charge is -2.36. The fourth-order valence-electron chi connectivity index (χ4n) is 4.13. The van der Waals surface area contributed by atoms with Gasteiger partial charge in [0.05, 0.1) is 12.2 Å². The van der Waals surface area contributed by atoms with Gasteiger partial charge < -0.3 is 23.6 Å². The van der Waals surface area contributed by atoms with E-state index in [2.05, 4.69) is 16.0 Å². The molecule has 148 valence electrons. The van der Waals surface area contributed by atoms with Crippen LogP contribution in [0, 0.1) is 5.92 Å². The SMILES string of the molecule is CC(Oc1ccc2c(c1)OCO2)C(=O)N1CCC2NNC(c3ccno3)C2C1. The maximum atomic E-state index is 13.0. The van der Waals surface area contributed by atoms with E-state index in [0.29, 0.717) is 36.4 Å². The summed E-state index contributed by atoms with van der Waals surface area (Å²) in [5.41, 5.74) is 6.59. The van der Waals surface area contributed by atoms with Crippen molar-refractivity contribution in [2.75, 3.05) is 19.9 Å². The predicted molar refractivity (Wildman–Crippen MR) is 96.6 cm³/mol. The molecule has 3 aliphatic rings. The largest absolute Gasteiger partial charge is 0.481 e. The van der Waals surface area contributed by atoms with Crippen LogP contribution in [0.4, 0.5) is 0 Å². The van der Waals surface area contributed by atoms with Crippen LogP contribution < -0.4 is 25.1 Å². The second-order valence-corrected chi connectivity index (χ2v) is 7.30. The number of hydrogen-bond acceptors (Lipinski definition) is 8. The zero-order chi connectivity index (χ0) is 19.1. The van der Waals surface area contributed by atoms with Gasteiger partial charge in [0, 0.05) is 37.2 Å². The topological polar surface area (TPSA) is 98.1 Å². The second-order valence-electron chi connectivity index (χ2n) is 7.30. The lowest BCUT2D eigenvalue weighted by Crippen LogP contribution is -2.51. The molecule has 3 aliphatic heterocycles. The number of amides is 1. The van der Waals surface area contributed by atoms with E-state index in [0.717, 1.165) is 12.2 Å². The fraction of sp³-hybridized carbons (Fsp3) is 0.474. The molecule has 0 bridgehead atoms. The summed E-state index contributed by atoms with van der Waals surface area (Å²) in [4.78, 5) is 14.9. The van der Waals surface area contributed by atoms with Crippen LogP contribution in [0.5, 0.6) is 17.2 Å². The van der Waals surface area contributed by atoms with Crippen molar-refractivity contribution < 1.29 is 23.5 Å². The molecule has 4 heterocycles. The van der Waals surface area contributed by atoms with E-state index in [1.54, 1.807) is 31.3 Å². The van der Waals surface area contributed by atoms with E-state index < -0.39 is 6.10 Å². The van der Waals surface area contributed by atoms with Gasteiger partial charge in [-0.05, 0) is 25.5 Å². The van der Waals surface area contributed by atoms with Gasteiger partial charge in [-0.25, -0.2) is 5.43 Å². The van der Waals surface area contributed by atoms with E-state index >= 15 is 0 Å². The smallest absolute Gasteiger partial charge is 0.263 e. The average molecular weight is 386 g/mol. The minimum absolute atomic E-state index is 0.00631. The second kappa shape index (κ2) is 6.99. The molecule has 9 nitrogen and oxygen atoms in total. The number of ether oxygens (including phenoxy) is 3. The number of hydrazine groups is 1.